The van der Waals surface area contributed by atoms with Crippen LogP contribution in [0.5, 0.6) is 5.75 Å². The van der Waals surface area contributed by atoms with Crippen molar-refractivity contribution in [2.75, 3.05) is 5.32 Å². The van der Waals surface area contributed by atoms with Crippen molar-refractivity contribution in [2.45, 2.75) is 0 Å². The van der Waals surface area contributed by atoms with E-state index < -0.39 is 5.91 Å². The third-order valence-electron chi connectivity index (χ3n) is 3.31. The van der Waals surface area contributed by atoms with Gasteiger partial charge in [0, 0.05) is 22.5 Å². The molecule has 1 heterocycles. The Morgan fingerprint density at radius 3 is 2.48 bits per heavy atom. The maximum atomic E-state index is 12.2. The molecular weight excluding hydrogens is 312 g/mol. The van der Waals surface area contributed by atoms with Gasteiger partial charge in [0.1, 0.15) is 5.75 Å². The quantitative estimate of drug-likeness (QED) is 0.752. The Morgan fingerprint density at radius 2 is 1.83 bits per heavy atom. The summed E-state index contributed by atoms with van der Waals surface area (Å²) in [5.74, 6) is -0.551. The van der Waals surface area contributed by atoms with Crippen LogP contribution in [0, 0.1) is 0 Å². The van der Waals surface area contributed by atoms with Gasteiger partial charge in [-0.15, -0.1) is 0 Å². The van der Waals surface area contributed by atoms with Crippen LogP contribution in [0.15, 0.2) is 66.9 Å². The van der Waals surface area contributed by atoms with Crippen molar-refractivity contribution in [1.82, 2.24) is 4.98 Å². The predicted molar refractivity (Wildman–Crippen MR) is 90.7 cm³/mol. The first kappa shape index (κ1) is 15.1. The van der Waals surface area contributed by atoms with E-state index in [9.17, 15) is 9.90 Å². The Kier molecular flexibility index (Phi) is 4.26. The number of nitrogens with zero attached hydrogens (tertiary/aromatic N) is 1. The average Bonchev–Trinajstić information content (AvgIpc) is 2.56. The average molecular weight is 325 g/mol. The molecule has 0 aliphatic rings. The summed E-state index contributed by atoms with van der Waals surface area (Å²) in [6.45, 7) is 0. The summed E-state index contributed by atoms with van der Waals surface area (Å²) in [6.07, 6.45) is 1.73. The van der Waals surface area contributed by atoms with Crippen LogP contribution in [-0.4, -0.2) is 16.0 Å². The van der Waals surface area contributed by atoms with Gasteiger partial charge in [0.25, 0.3) is 5.91 Å². The first-order chi connectivity index (χ1) is 11.1. The van der Waals surface area contributed by atoms with Gasteiger partial charge in [-0.3, -0.25) is 9.78 Å². The smallest absolute Gasteiger partial charge is 0.259 e. The molecule has 5 heteroatoms. The second-order valence-electron chi connectivity index (χ2n) is 4.91. The summed E-state index contributed by atoms with van der Waals surface area (Å²) in [6, 6.07) is 17.4. The van der Waals surface area contributed by atoms with Crippen molar-refractivity contribution in [1.29, 1.82) is 0 Å². The van der Waals surface area contributed by atoms with Gasteiger partial charge < -0.3 is 10.4 Å². The molecule has 0 unspecified atom stereocenters. The number of amides is 1. The number of carbonyl (C=O) groups is 1. The largest absolute Gasteiger partial charge is 0.507 e. The maximum absolute atomic E-state index is 12.2. The summed E-state index contributed by atoms with van der Waals surface area (Å²) in [7, 11) is 0. The van der Waals surface area contributed by atoms with Crippen molar-refractivity contribution in [3.8, 4) is 17.0 Å². The zero-order valence-electron chi connectivity index (χ0n) is 12.0. The normalized spacial score (nSPS) is 10.3. The number of nitrogens with one attached hydrogen (secondary N) is 1. The lowest BCUT2D eigenvalue weighted by Gasteiger charge is -2.08. The SMILES string of the molecule is O=C(Nc1ccc(-c2ccccn2)cc1)c1ccc(Cl)cc1O. The number of phenolic OH excluding ortho intramolecular Hbond substituents is 1. The monoisotopic (exact) mass is 324 g/mol. The highest BCUT2D eigenvalue weighted by molar-refractivity contribution is 6.31. The number of carbonyl (C=O) groups excluding carboxylic acids is 1. The molecule has 3 rings (SSSR count). The molecule has 0 saturated heterocycles. The molecule has 0 fully saturated rings. The highest BCUT2D eigenvalue weighted by Crippen LogP contribution is 2.24. The minimum Gasteiger partial charge on any atom is -0.507 e. The van der Waals surface area contributed by atoms with Crippen molar-refractivity contribution in [3.63, 3.8) is 0 Å². The van der Waals surface area contributed by atoms with E-state index in [4.69, 9.17) is 11.6 Å². The summed E-state index contributed by atoms with van der Waals surface area (Å²) in [4.78, 5) is 16.4. The summed E-state index contributed by atoms with van der Waals surface area (Å²) in [5, 5.41) is 12.9. The summed E-state index contributed by atoms with van der Waals surface area (Å²) >= 11 is 5.76. The number of pyridine rings is 1. The maximum Gasteiger partial charge on any atom is 0.259 e. The fraction of sp³-hybridized carbons (Fsp3) is 0. The highest BCUT2D eigenvalue weighted by atomic mass is 35.5. The van der Waals surface area contributed by atoms with Gasteiger partial charge in [0.05, 0.1) is 11.3 Å². The minimum atomic E-state index is -0.398. The molecule has 0 spiro atoms. The molecule has 0 radical (unpaired) electrons. The van der Waals surface area contributed by atoms with Crippen LogP contribution in [0.25, 0.3) is 11.3 Å². The second-order valence-corrected chi connectivity index (χ2v) is 5.34. The molecule has 2 aromatic carbocycles. The standard InChI is InChI=1S/C18H13ClN2O2/c19-13-6-9-15(17(22)11-13)18(23)21-14-7-4-12(5-8-14)16-3-1-2-10-20-16/h1-11,22H,(H,21,23). The number of hydrogen-bond acceptors (Lipinski definition) is 3. The van der Waals surface area contributed by atoms with E-state index in [-0.39, 0.29) is 11.3 Å². The Labute approximate surface area is 138 Å². The number of aromatic nitrogens is 1. The summed E-state index contributed by atoms with van der Waals surface area (Å²) in [5.41, 5.74) is 2.62. The van der Waals surface area contributed by atoms with Gasteiger partial charge in [0.15, 0.2) is 0 Å². The zero-order chi connectivity index (χ0) is 16.2. The number of benzene rings is 2. The fourth-order valence-corrected chi connectivity index (χ4v) is 2.32. The number of phenols is 1. The topological polar surface area (TPSA) is 62.2 Å². The van der Waals surface area contributed by atoms with E-state index in [1.54, 1.807) is 24.4 Å². The molecule has 2 N–H and O–H groups in total. The molecule has 23 heavy (non-hydrogen) atoms. The van der Waals surface area contributed by atoms with E-state index in [0.717, 1.165) is 11.3 Å². The second kappa shape index (κ2) is 6.50. The number of anilines is 1. The van der Waals surface area contributed by atoms with Gasteiger partial charge in [-0.25, -0.2) is 0 Å². The third kappa shape index (κ3) is 3.49. The molecule has 0 aliphatic carbocycles. The molecular formula is C18H13ClN2O2. The van der Waals surface area contributed by atoms with Crippen LogP contribution in [-0.2, 0) is 0 Å². The van der Waals surface area contributed by atoms with Crippen LogP contribution in [0.4, 0.5) is 5.69 Å². The van der Waals surface area contributed by atoms with Crippen molar-refractivity contribution in [2.24, 2.45) is 0 Å². The Bertz CT molecular complexity index is 833. The number of aromatic hydroxyl groups is 1. The van der Waals surface area contributed by atoms with E-state index in [0.29, 0.717) is 10.7 Å². The number of rotatable bonds is 3. The van der Waals surface area contributed by atoms with Crippen LogP contribution >= 0.6 is 11.6 Å². The molecule has 114 valence electrons. The molecule has 0 saturated carbocycles. The number of halogens is 1. The van der Waals surface area contributed by atoms with E-state index in [1.165, 1.54) is 12.1 Å². The van der Waals surface area contributed by atoms with Gasteiger partial charge in [-0.1, -0.05) is 29.8 Å². The molecule has 0 aliphatic heterocycles. The molecule has 4 nitrogen and oxygen atoms in total. The molecule has 1 aromatic heterocycles. The lowest BCUT2D eigenvalue weighted by Crippen LogP contribution is -2.11. The van der Waals surface area contributed by atoms with Crippen LogP contribution in [0.3, 0.4) is 0 Å². The van der Waals surface area contributed by atoms with E-state index >= 15 is 0 Å². The summed E-state index contributed by atoms with van der Waals surface area (Å²) < 4.78 is 0. The molecule has 0 atom stereocenters. The van der Waals surface area contributed by atoms with Crippen molar-refractivity contribution in [3.05, 3.63) is 77.4 Å². The Balaban J connectivity index is 1.77. The van der Waals surface area contributed by atoms with Gasteiger partial charge in [-0.05, 0) is 42.5 Å². The highest BCUT2D eigenvalue weighted by Gasteiger charge is 2.11. The van der Waals surface area contributed by atoms with E-state index in [1.807, 2.05) is 30.3 Å². The Morgan fingerprint density at radius 1 is 1.04 bits per heavy atom. The molecule has 0 bridgehead atoms. The van der Waals surface area contributed by atoms with Crippen molar-refractivity contribution >= 4 is 23.2 Å². The van der Waals surface area contributed by atoms with Gasteiger partial charge in [0.2, 0.25) is 0 Å². The first-order valence-corrected chi connectivity index (χ1v) is 7.32. The van der Waals surface area contributed by atoms with Crippen LogP contribution < -0.4 is 5.32 Å². The van der Waals surface area contributed by atoms with Crippen LogP contribution in [0.2, 0.25) is 5.02 Å². The zero-order valence-corrected chi connectivity index (χ0v) is 12.8. The molecule has 3 aromatic rings. The van der Waals surface area contributed by atoms with Crippen molar-refractivity contribution < 1.29 is 9.90 Å². The van der Waals surface area contributed by atoms with E-state index in [2.05, 4.69) is 10.3 Å². The third-order valence-corrected chi connectivity index (χ3v) is 3.54. The molecule has 1 amide bonds. The first-order valence-electron chi connectivity index (χ1n) is 6.95. The van der Waals surface area contributed by atoms with Gasteiger partial charge >= 0.3 is 0 Å². The van der Waals surface area contributed by atoms with Crippen LogP contribution in [0.1, 0.15) is 10.4 Å². The minimum absolute atomic E-state index is 0.153. The lowest BCUT2D eigenvalue weighted by atomic mass is 10.1. The number of hydrogen-bond donors (Lipinski definition) is 2. The Hall–Kier alpha value is -2.85. The predicted octanol–water partition coefficient (Wildman–Crippen LogP) is 4.36. The fourth-order valence-electron chi connectivity index (χ4n) is 2.15. The lowest BCUT2D eigenvalue weighted by molar-refractivity contribution is 0.102. The van der Waals surface area contributed by atoms with Gasteiger partial charge in [-0.2, -0.15) is 0 Å².